The number of amides is 1. The van der Waals surface area contributed by atoms with E-state index in [4.69, 9.17) is 10.5 Å². The molecule has 0 fully saturated rings. The number of carbonyl (C=O) groups is 1. The molecule has 132 valence electrons. The molecule has 0 aliphatic rings. The van der Waals surface area contributed by atoms with Gasteiger partial charge in [-0.05, 0) is 23.6 Å². The Balaban J connectivity index is 0.00000484. The molecule has 0 aromatic heterocycles. The number of alkyl halides is 3. The fourth-order valence-electron chi connectivity index (χ4n) is 2.03. The van der Waals surface area contributed by atoms with E-state index in [0.717, 1.165) is 12.1 Å². The molecule has 0 aliphatic carbocycles. The second-order valence-electron chi connectivity index (χ2n) is 5.41. The van der Waals surface area contributed by atoms with Crippen molar-refractivity contribution in [2.75, 3.05) is 13.7 Å². The van der Waals surface area contributed by atoms with Crippen LogP contribution >= 0.6 is 12.4 Å². The summed E-state index contributed by atoms with van der Waals surface area (Å²) >= 11 is 0. The van der Waals surface area contributed by atoms with Gasteiger partial charge in [0.2, 0.25) is 5.91 Å². The smallest absolute Gasteiger partial charge is 0.383 e. The molecule has 0 spiro atoms. The predicted molar refractivity (Wildman–Crippen MR) is 84.3 cm³/mol. The fraction of sp³-hybridized carbons (Fsp3) is 0.533. The minimum absolute atomic E-state index is 0. The molecule has 1 aromatic rings. The van der Waals surface area contributed by atoms with Crippen molar-refractivity contribution in [2.24, 2.45) is 11.7 Å². The fourth-order valence-corrected chi connectivity index (χ4v) is 2.03. The zero-order valence-electron chi connectivity index (χ0n) is 13.2. The number of nitrogens with one attached hydrogen (secondary N) is 1. The lowest BCUT2D eigenvalue weighted by Crippen LogP contribution is -2.45. The molecular weight excluding hydrogens is 333 g/mol. The maximum atomic E-state index is 12.6. The number of hydrogen-bond acceptors (Lipinski definition) is 3. The van der Waals surface area contributed by atoms with E-state index in [-0.39, 0.29) is 24.9 Å². The first kappa shape index (κ1) is 21.7. The van der Waals surface area contributed by atoms with Crippen LogP contribution < -0.4 is 11.1 Å². The van der Waals surface area contributed by atoms with Crippen molar-refractivity contribution < 1.29 is 22.7 Å². The first-order valence-corrected chi connectivity index (χ1v) is 6.89. The van der Waals surface area contributed by atoms with Gasteiger partial charge in [0.15, 0.2) is 0 Å². The Labute approximate surface area is 140 Å². The Hall–Kier alpha value is -1.31. The van der Waals surface area contributed by atoms with Crippen molar-refractivity contribution in [3.63, 3.8) is 0 Å². The molecule has 3 N–H and O–H groups in total. The third-order valence-corrected chi connectivity index (χ3v) is 3.24. The monoisotopic (exact) mass is 354 g/mol. The van der Waals surface area contributed by atoms with Crippen molar-refractivity contribution in [3.8, 4) is 0 Å². The van der Waals surface area contributed by atoms with E-state index in [9.17, 15) is 18.0 Å². The second-order valence-corrected chi connectivity index (χ2v) is 5.41. The van der Waals surface area contributed by atoms with Gasteiger partial charge >= 0.3 is 6.18 Å². The zero-order valence-corrected chi connectivity index (χ0v) is 14.0. The van der Waals surface area contributed by atoms with Gasteiger partial charge in [0, 0.05) is 7.11 Å². The predicted octanol–water partition coefficient (Wildman–Crippen LogP) is 2.91. The topological polar surface area (TPSA) is 64.3 Å². The summed E-state index contributed by atoms with van der Waals surface area (Å²) in [5.74, 6) is -0.407. The molecule has 8 heteroatoms. The highest BCUT2D eigenvalue weighted by atomic mass is 35.5. The molecule has 2 unspecified atom stereocenters. The number of methoxy groups -OCH3 is 1. The maximum absolute atomic E-state index is 12.6. The standard InChI is InChI=1S/C15H21F3N2O2.ClH/c1-9(2)13(20-14(21)12(19)8-22-3)10-4-6-11(7-5-10)15(16,17)18;/h4-7,9,12-13H,8,19H2,1-3H3,(H,20,21);1H. The Kier molecular flexibility index (Phi) is 8.58. The maximum Gasteiger partial charge on any atom is 0.416 e. The van der Waals surface area contributed by atoms with Gasteiger partial charge < -0.3 is 15.8 Å². The summed E-state index contributed by atoms with van der Waals surface area (Å²) in [5.41, 5.74) is 5.53. The summed E-state index contributed by atoms with van der Waals surface area (Å²) in [6, 6.07) is 3.52. The first-order chi connectivity index (χ1) is 10.2. The molecule has 23 heavy (non-hydrogen) atoms. The third kappa shape index (κ3) is 6.37. The largest absolute Gasteiger partial charge is 0.416 e. The summed E-state index contributed by atoms with van der Waals surface area (Å²) in [6.45, 7) is 3.80. The van der Waals surface area contributed by atoms with Crippen LogP contribution in [0.1, 0.15) is 31.0 Å². The summed E-state index contributed by atoms with van der Waals surface area (Å²) in [4.78, 5) is 12.0. The van der Waals surface area contributed by atoms with Gasteiger partial charge in [0.05, 0.1) is 18.2 Å². The number of rotatable bonds is 6. The van der Waals surface area contributed by atoms with Crippen molar-refractivity contribution in [1.82, 2.24) is 5.32 Å². The van der Waals surface area contributed by atoms with E-state index in [0.29, 0.717) is 5.56 Å². The van der Waals surface area contributed by atoms with Crippen LogP contribution in [0, 0.1) is 5.92 Å². The summed E-state index contributed by atoms with van der Waals surface area (Å²) < 4.78 is 42.6. The summed E-state index contributed by atoms with van der Waals surface area (Å²) in [7, 11) is 1.43. The Morgan fingerprint density at radius 3 is 2.17 bits per heavy atom. The Bertz CT molecular complexity index is 492. The first-order valence-electron chi connectivity index (χ1n) is 6.89. The van der Waals surface area contributed by atoms with Crippen molar-refractivity contribution in [3.05, 3.63) is 35.4 Å². The second kappa shape index (κ2) is 9.10. The van der Waals surface area contributed by atoms with E-state index in [1.807, 2.05) is 13.8 Å². The van der Waals surface area contributed by atoms with Gasteiger partial charge in [0.25, 0.3) is 0 Å². The molecule has 2 atom stereocenters. The van der Waals surface area contributed by atoms with Gasteiger partial charge in [-0.15, -0.1) is 12.4 Å². The average Bonchev–Trinajstić information content (AvgIpc) is 2.43. The highest BCUT2D eigenvalue weighted by Gasteiger charge is 2.30. The van der Waals surface area contributed by atoms with Crippen LogP contribution in [0.15, 0.2) is 24.3 Å². The average molecular weight is 355 g/mol. The van der Waals surface area contributed by atoms with Crippen LogP contribution in [0.3, 0.4) is 0 Å². The molecular formula is C15H22ClF3N2O2. The molecule has 1 rings (SSSR count). The highest BCUT2D eigenvalue weighted by Crippen LogP contribution is 2.31. The van der Waals surface area contributed by atoms with E-state index in [2.05, 4.69) is 5.32 Å². The highest BCUT2D eigenvalue weighted by molar-refractivity contribution is 5.85. The van der Waals surface area contributed by atoms with Gasteiger partial charge in [0.1, 0.15) is 6.04 Å². The van der Waals surface area contributed by atoms with Gasteiger partial charge in [-0.2, -0.15) is 13.2 Å². The van der Waals surface area contributed by atoms with Crippen LogP contribution in [0.5, 0.6) is 0 Å². The van der Waals surface area contributed by atoms with E-state index < -0.39 is 29.7 Å². The minimum atomic E-state index is -4.38. The summed E-state index contributed by atoms with van der Waals surface area (Å²) in [5, 5.41) is 2.75. The number of carbonyl (C=O) groups excluding carboxylic acids is 1. The quantitative estimate of drug-likeness (QED) is 0.825. The van der Waals surface area contributed by atoms with E-state index in [1.165, 1.54) is 19.2 Å². The number of ether oxygens (including phenoxy) is 1. The molecule has 0 heterocycles. The number of hydrogen-bond donors (Lipinski definition) is 2. The number of nitrogens with two attached hydrogens (primary N) is 1. The van der Waals surface area contributed by atoms with E-state index >= 15 is 0 Å². The molecule has 0 saturated heterocycles. The lowest BCUT2D eigenvalue weighted by Gasteiger charge is -2.25. The van der Waals surface area contributed by atoms with Gasteiger partial charge in [-0.1, -0.05) is 26.0 Å². The van der Waals surface area contributed by atoms with Crippen LogP contribution in [-0.2, 0) is 15.7 Å². The summed E-state index contributed by atoms with van der Waals surface area (Å²) in [6.07, 6.45) is -4.38. The van der Waals surface area contributed by atoms with Crippen LogP contribution in [0.2, 0.25) is 0 Å². The van der Waals surface area contributed by atoms with Crippen LogP contribution in [-0.4, -0.2) is 25.7 Å². The molecule has 0 radical (unpaired) electrons. The molecule has 0 saturated carbocycles. The normalized spacial score (nSPS) is 14.1. The minimum Gasteiger partial charge on any atom is -0.383 e. The molecule has 4 nitrogen and oxygen atoms in total. The lowest BCUT2D eigenvalue weighted by molar-refractivity contribution is -0.137. The molecule has 1 amide bonds. The zero-order chi connectivity index (χ0) is 16.9. The van der Waals surface area contributed by atoms with Crippen molar-refractivity contribution in [1.29, 1.82) is 0 Å². The lowest BCUT2D eigenvalue weighted by atomic mass is 9.95. The Morgan fingerprint density at radius 1 is 1.26 bits per heavy atom. The van der Waals surface area contributed by atoms with Gasteiger partial charge in [-0.25, -0.2) is 0 Å². The third-order valence-electron chi connectivity index (χ3n) is 3.24. The van der Waals surface area contributed by atoms with Crippen molar-refractivity contribution in [2.45, 2.75) is 32.1 Å². The molecule has 0 bridgehead atoms. The number of halogens is 4. The van der Waals surface area contributed by atoms with Gasteiger partial charge in [-0.3, -0.25) is 4.79 Å². The SMILES string of the molecule is COCC(N)C(=O)NC(c1ccc(C(F)(F)F)cc1)C(C)C.Cl. The number of benzene rings is 1. The Morgan fingerprint density at radius 2 is 1.78 bits per heavy atom. The van der Waals surface area contributed by atoms with E-state index in [1.54, 1.807) is 0 Å². The van der Waals surface area contributed by atoms with Crippen LogP contribution in [0.25, 0.3) is 0 Å². The van der Waals surface area contributed by atoms with Crippen LogP contribution in [0.4, 0.5) is 13.2 Å². The molecule has 1 aromatic carbocycles. The molecule has 0 aliphatic heterocycles. The van der Waals surface area contributed by atoms with Crippen molar-refractivity contribution >= 4 is 18.3 Å².